The van der Waals surface area contributed by atoms with E-state index in [9.17, 15) is 26.3 Å². The van der Waals surface area contributed by atoms with Gasteiger partial charge in [-0.2, -0.15) is 22.0 Å². The zero-order chi connectivity index (χ0) is 9.57. The minimum atomic E-state index is -5.26. The molecule has 0 unspecified atom stereocenters. The zero-order valence-corrected chi connectivity index (χ0v) is 5.68. The van der Waals surface area contributed by atoms with Gasteiger partial charge in [0.25, 0.3) is 6.08 Å². The van der Waals surface area contributed by atoms with Crippen LogP contribution in [0.3, 0.4) is 0 Å². The van der Waals surface area contributed by atoms with Gasteiger partial charge in [-0.05, 0) is 12.8 Å². The first-order valence-corrected chi connectivity index (χ1v) is 3.09. The Labute approximate surface area is 63.9 Å². The second-order valence-corrected chi connectivity index (χ2v) is 2.60. The molecule has 12 heavy (non-hydrogen) atoms. The first kappa shape index (κ1) is 9.41. The Balaban J connectivity index is 3.00. The van der Waals surface area contributed by atoms with Crippen molar-refractivity contribution in [1.29, 1.82) is 0 Å². The van der Waals surface area contributed by atoms with E-state index in [0.29, 0.717) is 0 Å². The third kappa shape index (κ3) is 1.56. The van der Waals surface area contributed by atoms with Crippen LogP contribution in [0.15, 0.2) is 11.7 Å². The van der Waals surface area contributed by atoms with Crippen LogP contribution in [0.2, 0.25) is 0 Å². The van der Waals surface area contributed by atoms with Crippen LogP contribution in [-0.2, 0) is 0 Å². The van der Waals surface area contributed by atoms with E-state index >= 15 is 0 Å². The summed E-state index contributed by atoms with van der Waals surface area (Å²) in [5.41, 5.74) is -5.13. The Bertz CT molecular complexity index is 209. The maximum absolute atomic E-state index is 12.7. The summed E-state index contributed by atoms with van der Waals surface area (Å²) in [5.74, 6) is 0. The highest BCUT2D eigenvalue weighted by atomic mass is 19.4. The van der Waals surface area contributed by atoms with E-state index in [-0.39, 0.29) is 0 Å². The van der Waals surface area contributed by atoms with Gasteiger partial charge in [-0.1, -0.05) is 0 Å². The fourth-order valence-corrected chi connectivity index (χ4v) is 0.890. The van der Waals surface area contributed by atoms with Crippen molar-refractivity contribution in [2.24, 2.45) is 0 Å². The SMILES string of the molecule is FC(F)=C(C(F)(F)F)C1(F)CC1. The molecule has 0 spiro atoms. The molecule has 0 aliphatic heterocycles. The van der Waals surface area contributed by atoms with Crippen LogP contribution in [0.4, 0.5) is 26.3 Å². The summed E-state index contributed by atoms with van der Waals surface area (Å²) >= 11 is 0. The van der Waals surface area contributed by atoms with Crippen molar-refractivity contribution in [3.63, 3.8) is 0 Å². The van der Waals surface area contributed by atoms with Gasteiger partial charge < -0.3 is 0 Å². The average molecular weight is 190 g/mol. The van der Waals surface area contributed by atoms with Gasteiger partial charge >= 0.3 is 6.18 Å². The predicted octanol–water partition coefficient (Wildman–Crippen LogP) is 3.20. The summed E-state index contributed by atoms with van der Waals surface area (Å²) in [7, 11) is 0. The van der Waals surface area contributed by atoms with E-state index in [4.69, 9.17) is 0 Å². The van der Waals surface area contributed by atoms with E-state index in [1.807, 2.05) is 0 Å². The van der Waals surface area contributed by atoms with Gasteiger partial charge in [-0.25, -0.2) is 4.39 Å². The van der Waals surface area contributed by atoms with Crippen LogP contribution in [0.25, 0.3) is 0 Å². The number of allylic oxidation sites excluding steroid dienone is 1. The lowest BCUT2D eigenvalue weighted by atomic mass is 10.1. The Hall–Kier alpha value is -0.680. The normalized spacial score (nSPS) is 20.5. The molecule has 70 valence electrons. The molecule has 0 heterocycles. The third-order valence-corrected chi connectivity index (χ3v) is 1.61. The monoisotopic (exact) mass is 190 g/mol. The molecule has 0 nitrogen and oxygen atoms in total. The topological polar surface area (TPSA) is 0 Å². The molecule has 0 aromatic rings. The molecule has 1 saturated carbocycles. The highest BCUT2D eigenvalue weighted by Gasteiger charge is 2.59. The van der Waals surface area contributed by atoms with Crippen molar-refractivity contribution in [3.05, 3.63) is 11.7 Å². The Morgan fingerprint density at radius 1 is 1.08 bits per heavy atom. The summed E-state index contributed by atoms with van der Waals surface area (Å²) in [5, 5.41) is 0. The first-order valence-electron chi connectivity index (χ1n) is 3.09. The maximum Gasteiger partial charge on any atom is 0.420 e. The van der Waals surface area contributed by atoms with Crippen molar-refractivity contribution in [1.82, 2.24) is 0 Å². The van der Waals surface area contributed by atoms with E-state index in [1.165, 1.54) is 0 Å². The van der Waals surface area contributed by atoms with Gasteiger partial charge in [0.2, 0.25) is 0 Å². The van der Waals surface area contributed by atoms with Crippen LogP contribution in [0.5, 0.6) is 0 Å². The molecular weight excluding hydrogens is 186 g/mol. The molecule has 1 aliphatic carbocycles. The van der Waals surface area contributed by atoms with Crippen LogP contribution >= 0.6 is 0 Å². The highest BCUT2D eigenvalue weighted by Crippen LogP contribution is 2.53. The van der Waals surface area contributed by atoms with Crippen LogP contribution in [-0.4, -0.2) is 11.8 Å². The average Bonchev–Trinajstić information content (AvgIpc) is 2.41. The minimum Gasteiger partial charge on any atom is -0.238 e. The molecule has 0 bridgehead atoms. The van der Waals surface area contributed by atoms with Crippen molar-refractivity contribution in [2.45, 2.75) is 24.7 Å². The van der Waals surface area contributed by atoms with Crippen LogP contribution in [0.1, 0.15) is 12.8 Å². The second-order valence-electron chi connectivity index (χ2n) is 2.60. The molecule has 0 radical (unpaired) electrons. The standard InChI is InChI=1S/C6H4F6/c7-4(8)3(6(10,11)12)5(9)1-2-5/h1-2H2. The number of rotatable bonds is 1. The number of alkyl halides is 4. The van der Waals surface area contributed by atoms with Gasteiger partial charge in [-0.15, -0.1) is 0 Å². The van der Waals surface area contributed by atoms with Gasteiger partial charge in [0.1, 0.15) is 11.2 Å². The van der Waals surface area contributed by atoms with Crippen molar-refractivity contribution in [3.8, 4) is 0 Å². The van der Waals surface area contributed by atoms with Crippen LogP contribution in [0, 0.1) is 0 Å². The summed E-state index contributed by atoms with van der Waals surface area (Å²) in [6.07, 6.45) is -9.18. The molecule has 1 aliphatic rings. The number of hydrogen-bond acceptors (Lipinski definition) is 0. The summed E-state index contributed by atoms with van der Waals surface area (Å²) in [6, 6.07) is 0. The lowest BCUT2D eigenvalue weighted by Gasteiger charge is -2.12. The van der Waals surface area contributed by atoms with Crippen LogP contribution < -0.4 is 0 Å². The number of halogens is 6. The fourth-order valence-electron chi connectivity index (χ4n) is 0.890. The fraction of sp³-hybridized carbons (Fsp3) is 0.667. The predicted molar refractivity (Wildman–Crippen MR) is 28.4 cm³/mol. The molecule has 6 heteroatoms. The summed E-state index contributed by atoms with van der Waals surface area (Å²) < 4.78 is 71.1. The molecule has 0 saturated heterocycles. The van der Waals surface area contributed by atoms with Gasteiger partial charge in [-0.3, -0.25) is 0 Å². The largest absolute Gasteiger partial charge is 0.420 e. The quantitative estimate of drug-likeness (QED) is 0.557. The summed E-state index contributed by atoms with van der Waals surface area (Å²) in [4.78, 5) is 0. The van der Waals surface area contributed by atoms with Crippen molar-refractivity contribution < 1.29 is 26.3 Å². The van der Waals surface area contributed by atoms with E-state index < -0.39 is 36.3 Å². The molecule has 0 N–H and O–H groups in total. The third-order valence-electron chi connectivity index (χ3n) is 1.61. The molecule has 0 aromatic carbocycles. The Morgan fingerprint density at radius 2 is 1.50 bits per heavy atom. The molecule has 1 rings (SSSR count). The zero-order valence-electron chi connectivity index (χ0n) is 5.68. The van der Waals surface area contributed by atoms with Crippen molar-refractivity contribution in [2.75, 3.05) is 0 Å². The Morgan fingerprint density at radius 3 is 1.58 bits per heavy atom. The highest BCUT2D eigenvalue weighted by molar-refractivity contribution is 5.29. The molecular formula is C6H4F6. The van der Waals surface area contributed by atoms with Gasteiger partial charge in [0.15, 0.2) is 0 Å². The number of hydrogen-bond donors (Lipinski definition) is 0. The van der Waals surface area contributed by atoms with E-state index in [1.54, 1.807) is 0 Å². The molecule has 0 amide bonds. The minimum absolute atomic E-state index is 0.473. The molecule has 1 fully saturated rings. The van der Waals surface area contributed by atoms with E-state index in [2.05, 4.69) is 0 Å². The Kier molecular flexibility index (Phi) is 1.88. The van der Waals surface area contributed by atoms with Crippen molar-refractivity contribution >= 4 is 0 Å². The van der Waals surface area contributed by atoms with Gasteiger partial charge in [0.05, 0.1) is 0 Å². The summed E-state index contributed by atoms with van der Waals surface area (Å²) in [6.45, 7) is 0. The molecule has 0 atom stereocenters. The van der Waals surface area contributed by atoms with Gasteiger partial charge in [0, 0.05) is 0 Å². The first-order chi connectivity index (χ1) is 5.27. The molecule has 0 aromatic heterocycles. The maximum atomic E-state index is 12.7. The lowest BCUT2D eigenvalue weighted by molar-refractivity contribution is -0.106. The second kappa shape index (κ2) is 2.40. The smallest absolute Gasteiger partial charge is 0.238 e. The van der Waals surface area contributed by atoms with E-state index in [0.717, 1.165) is 0 Å². The lowest BCUT2D eigenvalue weighted by Crippen LogP contribution is -2.23.